The Bertz CT molecular complexity index is 917. The number of hydrogen-bond acceptors (Lipinski definition) is 5. The molecule has 1 saturated heterocycles. The highest BCUT2D eigenvalue weighted by atomic mass is 19.4. The first-order valence-corrected chi connectivity index (χ1v) is 10.3. The van der Waals surface area contributed by atoms with E-state index in [9.17, 15) is 36.3 Å². The van der Waals surface area contributed by atoms with E-state index in [1.54, 1.807) is 20.8 Å². The third kappa shape index (κ3) is 7.35. The van der Waals surface area contributed by atoms with Gasteiger partial charge in [0.15, 0.2) is 6.04 Å². The number of nitrogens with one attached hydrogen (secondary N) is 1. The second kappa shape index (κ2) is 10.6. The number of amides is 3. The number of rotatable bonds is 8. The Labute approximate surface area is 193 Å². The van der Waals surface area contributed by atoms with Crippen molar-refractivity contribution in [3.05, 3.63) is 23.8 Å². The van der Waals surface area contributed by atoms with Crippen molar-refractivity contribution in [3.63, 3.8) is 0 Å². The van der Waals surface area contributed by atoms with Crippen molar-refractivity contribution in [3.8, 4) is 0 Å². The summed E-state index contributed by atoms with van der Waals surface area (Å²) in [5.41, 5.74) is 2.74. The van der Waals surface area contributed by atoms with E-state index in [-0.39, 0.29) is 32.0 Å². The minimum absolute atomic E-state index is 0.0512. The topological polar surface area (TPSA) is 105 Å². The van der Waals surface area contributed by atoms with Crippen LogP contribution in [0.25, 0.3) is 0 Å². The van der Waals surface area contributed by atoms with Gasteiger partial charge in [-0.05, 0) is 23.6 Å². The molecule has 1 aliphatic rings. The van der Waals surface area contributed by atoms with Crippen molar-refractivity contribution >= 4 is 29.1 Å². The van der Waals surface area contributed by atoms with Crippen LogP contribution < -0.4 is 16.0 Å². The molecule has 8 nitrogen and oxygen atoms in total. The largest absolute Gasteiger partial charge is 0.418 e. The van der Waals surface area contributed by atoms with E-state index in [0.717, 1.165) is 21.9 Å². The van der Waals surface area contributed by atoms with Crippen LogP contribution in [0.3, 0.4) is 0 Å². The van der Waals surface area contributed by atoms with Gasteiger partial charge in [-0.3, -0.25) is 19.3 Å². The lowest BCUT2D eigenvalue weighted by Gasteiger charge is -2.33. The molecule has 0 unspecified atom stereocenters. The van der Waals surface area contributed by atoms with Crippen LogP contribution in [0.5, 0.6) is 0 Å². The molecule has 190 valence electrons. The standard InChI is InChI=1S/C21H27F5N4O4/c1-20(2,3)11-29(9-15(22)23)17(18(27)32)19(33)28-12-4-5-14(13(8-12)21(24,25)26)30-6-7-34-10-16(30)31/h4-5,8,15,17H,6-7,9-11H2,1-3H3,(H2,27,32)(H,28,33)/t17-/m1/s1. The number of anilines is 2. The monoisotopic (exact) mass is 494 g/mol. The lowest BCUT2D eigenvalue weighted by Crippen LogP contribution is -2.55. The first-order chi connectivity index (χ1) is 15.6. The van der Waals surface area contributed by atoms with Crippen molar-refractivity contribution in [2.75, 3.05) is 43.1 Å². The number of alkyl halides is 5. The van der Waals surface area contributed by atoms with Gasteiger partial charge in [0.25, 0.3) is 18.2 Å². The van der Waals surface area contributed by atoms with Crippen LogP contribution in [-0.2, 0) is 25.3 Å². The summed E-state index contributed by atoms with van der Waals surface area (Å²) in [4.78, 5) is 38.7. The van der Waals surface area contributed by atoms with Crippen molar-refractivity contribution in [1.29, 1.82) is 0 Å². The Morgan fingerprint density at radius 2 is 1.88 bits per heavy atom. The predicted molar refractivity (Wildman–Crippen MR) is 113 cm³/mol. The van der Waals surface area contributed by atoms with Crippen LogP contribution in [0.2, 0.25) is 0 Å². The van der Waals surface area contributed by atoms with Gasteiger partial charge in [-0.15, -0.1) is 0 Å². The van der Waals surface area contributed by atoms with Crippen LogP contribution in [-0.4, -0.2) is 67.9 Å². The van der Waals surface area contributed by atoms with Gasteiger partial charge in [0.2, 0.25) is 5.91 Å². The molecular formula is C21H27F5N4O4. The average Bonchev–Trinajstić information content (AvgIpc) is 2.65. The lowest BCUT2D eigenvalue weighted by molar-refractivity contribution is -0.138. The number of nitrogens with two attached hydrogens (primary N) is 1. The van der Waals surface area contributed by atoms with Crippen LogP contribution in [0.1, 0.15) is 26.3 Å². The van der Waals surface area contributed by atoms with Crippen molar-refractivity contribution in [1.82, 2.24) is 4.90 Å². The Kier molecular flexibility index (Phi) is 8.59. The molecule has 3 N–H and O–H groups in total. The molecule has 1 fully saturated rings. The lowest BCUT2D eigenvalue weighted by atomic mass is 9.95. The van der Waals surface area contributed by atoms with E-state index in [1.165, 1.54) is 0 Å². The van der Waals surface area contributed by atoms with Gasteiger partial charge in [0.1, 0.15) is 6.61 Å². The first kappa shape index (κ1) is 27.4. The summed E-state index contributed by atoms with van der Waals surface area (Å²) in [5.74, 6) is -3.04. The van der Waals surface area contributed by atoms with Crippen molar-refractivity contribution in [2.24, 2.45) is 11.1 Å². The summed E-state index contributed by atoms with van der Waals surface area (Å²) in [7, 11) is 0. The van der Waals surface area contributed by atoms with Gasteiger partial charge in [0, 0.05) is 18.8 Å². The molecule has 0 saturated carbocycles. The molecule has 0 spiro atoms. The average molecular weight is 494 g/mol. The zero-order valence-corrected chi connectivity index (χ0v) is 18.9. The van der Waals surface area contributed by atoms with E-state index >= 15 is 0 Å². The number of carbonyl (C=O) groups excluding carboxylic acids is 3. The minimum atomic E-state index is -4.88. The van der Waals surface area contributed by atoms with Gasteiger partial charge in [-0.2, -0.15) is 13.2 Å². The van der Waals surface area contributed by atoms with E-state index in [2.05, 4.69) is 5.32 Å². The van der Waals surface area contributed by atoms with Gasteiger partial charge in [-0.25, -0.2) is 8.78 Å². The first-order valence-electron chi connectivity index (χ1n) is 10.3. The molecule has 34 heavy (non-hydrogen) atoms. The number of ether oxygens (including phenoxy) is 1. The Morgan fingerprint density at radius 3 is 2.38 bits per heavy atom. The van der Waals surface area contributed by atoms with E-state index in [0.29, 0.717) is 6.07 Å². The molecule has 2 rings (SSSR count). The van der Waals surface area contributed by atoms with Crippen LogP contribution in [0, 0.1) is 5.41 Å². The third-order valence-electron chi connectivity index (χ3n) is 4.78. The van der Waals surface area contributed by atoms with Crippen molar-refractivity contribution < 1.29 is 41.1 Å². The Balaban J connectivity index is 2.38. The fraction of sp³-hybridized carbons (Fsp3) is 0.571. The zero-order valence-electron chi connectivity index (χ0n) is 18.9. The number of benzene rings is 1. The number of primary amides is 1. The van der Waals surface area contributed by atoms with Crippen LogP contribution in [0.15, 0.2) is 18.2 Å². The summed E-state index contributed by atoms with van der Waals surface area (Å²) < 4.78 is 72.4. The highest BCUT2D eigenvalue weighted by Gasteiger charge is 2.38. The molecule has 0 aliphatic carbocycles. The number of morpholine rings is 1. The Morgan fingerprint density at radius 1 is 1.24 bits per heavy atom. The zero-order chi connectivity index (χ0) is 25.8. The maximum Gasteiger partial charge on any atom is 0.418 e. The molecule has 1 heterocycles. The molecule has 0 radical (unpaired) electrons. The SMILES string of the molecule is CC(C)(C)CN(CC(F)F)[C@H](C(N)=O)C(=O)Nc1ccc(N2CCOCC2=O)c(C(F)(F)F)c1. The van der Waals surface area contributed by atoms with Gasteiger partial charge < -0.3 is 20.7 Å². The van der Waals surface area contributed by atoms with Gasteiger partial charge >= 0.3 is 6.18 Å². The summed E-state index contributed by atoms with van der Waals surface area (Å²) in [6.07, 6.45) is -7.77. The highest BCUT2D eigenvalue weighted by molar-refractivity contribution is 6.09. The summed E-state index contributed by atoms with van der Waals surface area (Å²) in [6, 6.07) is 0.885. The Hall–Kier alpha value is -2.80. The highest BCUT2D eigenvalue weighted by Crippen LogP contribution is 2.39. The second-order valence-corrected chi connectivity index (χ2v) is 9.00. The van der Waals surface area contributed by atoms with E-state index in [4.69, 9.17) is 10.5 Å². The maximum absolute atomic E-state index is 13.7. The number of carbonyl (C=O) groups is 3. The normalized spacial score (nSPS) is 16.2. The minimum Gasteiger partial charge on any atom is -0.370 e. The third-order valence-corrected chi connectivity index (χ3v) is 4.78. The van der Waals surface area contributed by atoms with Gasteiger partial charge in [0.05, 0.1) is 24.4 Å². The maximum atomic E-state index is 13.7. The molecule has 13 heteroatoms. The predicted octanol–water partition coefficient (Wildman–Crippen LogP) is 2.47. The quantitative estimate of drug-likeness (QED) is 0.427. The molecule has 0 aromatic heterocycles. The van der Waals surface area contributed by atoms with Crippen molar-refractivity contribution in [2.45, 2.75) is 39.4 Å². The molecule has 3 amide bonds. The molecular weight excluding hydrogens is 467 g/mol. The van der Waals surface area contributed by atoms with Crippen LogP contribution >= 0.6 is 0 Å². The number of halogens is 5. The smallest absolute Gasteiger partial charge is 0.370 e. The number of nitrogens with zero attached hydrogens (tertiary/aromatic N) is 2. The summed E-state index contributed by atoms with van der Waals surface area (Å²) >= 11 is 0. The van der Waals surface area contributed by atoms with Crippen LogP contribution in [0.4, 0.5) is 33.3 Å². The summed E-state index contributed by atoms with van der Waals surface area (Å²) in [5, 5.41) is 2.16. The second-order valence-electron chi connectivity index (χ2n) is 9.00. The molecule has 1 atom stereocenters. The number of hydrogen-bond donors (Lipinski definition) is 2. The summed E-state index contributed by atoms with van der Waals surface area (Å²) in [6.45, 7) is 3.63. The molecule has 1 aromatic carbocycles. The molecule has 1 aromatic rings. The molecule has 0 bridgehead atoms. The molecule has 1 aliphatic heterocycles. The van der Waals surface area contributed by atoms with E-state index in [1.807, 2.05) is 0 Å². The van der Waals surface area contributed by atoms with E-state index < -0.39 is 59.6 Å². The fourth-order valence-corrected chi connectivity index (χ4v) is 3.58. The van der Waals surface area contributed by atoms with Gasteiger partial charge in [-0.1, -0.05) is 20.8 Å². The fourth-order valence-electron chi connectivity index (χ4n) is 3.58.